The van der Waals surface area contributed by atoms with Crippen molar-refractivity contribution in [2.24, 2.45) is 17.1 Å². The Morgan fingerprint density at radius 2 is 1.95 bits per heavy atom. The van der Waals surface area contributed by atoms with E-state index in [0.717, 1.165) is 19.4 Å². The van der Waals surface area contributed by atoms with Crippen LogP contribution in [0.2, 0.25) is 0 Å². The minimum atomic E-state index is -0.0751. The van der Waals surface area contributed by atoms with Crippen LogP contribution in [0.5, 0.6) is 0 Å². The van der Waals surface area contributed by atoms with Gasteiger partial charge in [0.2, 0.25) is 5.91 Å². The molecule has 0 aromatic heterocycles. The summed E-state index contributed by atoms with van der Waals surface area (Å²) in [6.45, 7) is 12.8. The molecule has 0 bridgehead atoms. The molecule has 0 aliphatic rings. The SMILES string of the molecule is CCC(C)N(C)CCNC(=O)C(CN)CC(C)(C)C. The zero-order valence-electron chi connectivity index (χ0n) is 13.6. The number of carbonyl (C=O) groups is 1. The molecular formula is C15H33N3O. The van der Waals surface area contributed by atoms with Crippen molar-refractivity contribution in [2.75, 3.05) is 26.7 Å². The van der Waals surface area contributed by atoms with Crippen LogP contribution in [0.4, 0.5) is 0 Å². The number of hydrogen-bond acceptors (Lipinski definition) is 3. The third-order valence-electron chi connectivity index (χ3n) is 3.62. The van der Waals surface area contributed by atoms with E-state index in [9.17, 15) is 4.79 Å². The summed E-state index contributed by atoms with van der Waals surface area (Å²) < 4.78 is 0. The minimum absolute atomic E-state index is 0.0751. The maximum absolute atomic E-state index is 12.1. The van der Waals surface area contributed by atoms with Crippen molar-refractivity contribution in [3.8, 4) is 0 Å². The number of nitrogens with zero attached hydrogens (tertiary/aromatic N) is 1. The van der Waals surface area contributed by atoms with Crippen molar-refractivity contribution in [1.82, 2.24) is 10.2 Å². The molecule has 3 N–H and O–H groups in total. The number of carbonyl (C=O) groups excluding carboxylic acids is 1. The Hall–Kier alpha value is -0.610. The number of likely N-dealkylation sites (N-methyl/N-ethyl adjacent to an activating group) is 1. The van der Waals surface area contributed by atoms with Gasteiger partial charge in [0.05, 0.1) is 5.92 Å². The molecule has 2 unspecified atom stereocenters. The normalized spacial score (nSPS) is 15.4. The van der Waals surface area contributed by atoms with Gasteiger partial charge in [0.25, 0.3) is 0 Å². The quantitative estimate of drug-likeness (QED) is 0.708. The topological polar surface area (TPSA) is 58.4 Å². The smallest absolute Gasteiger partial charge is 0.224 e. The third kappa shape index (κ3) is 8.22. The largest absolute Gasteiger partial charge is 0.355 e. The van der Waals surface area contributed by atoms with Gasteiger partial charge in [-0.25, -0.2) is 0 Å². The molecule has 1 amide bonds. The van der Waals surface area contributed by atoms with Gasteiger partial charge in [-0.3, -0.25) is 4.79 Å². The fraction of sp³-hybridized carbons (Fsp3) is 0.933. The van der Waals surface area contributed by atoms with Gasteiger partial charge in [0.1, 0.15) is 0 Å². The summed E-state index contributed by atoms with van der Waals surface area (Å²) in [5.74, 6) is 0.0175. The van der Waals surface area contributed by atoms with Crippen LogP contribution in [0.15, 0.2) is 0 Å². The molecule has 19 heavy (non-hydrogen) atoms. The summed E-state index contributed by atoms with van der Waals surface area (Å²) in [6.07, 6.45) is 1.95. The molecule has 4 nitrogen and oxygen atoms in total. The van der Waals surface area contributed by atoms with Crippen LogP contribution in [0, 0.1) is 11.3 Å². The van der Waals surface area contributed by atoms with E-state index in [4.69, 9.17) is 5.73 Å². The molecule has 0 aliphatic heterocycles. The lowest BCUT2D eigenvalue weighted by Gasteiger charge is -2.26. The van der Waals surface area contributed by atoms with Gasteiger partial charge in [-0.05, 0) is 32.2 Å². The summed E-state index contributed by atoms with van der Waals surface area (Å²) >= 11 is 0. The zero-order valence-corrected chi connectivity index (χ0v) is 13.6. The van der Waals surface area contributed by atoms with Gasteiger partial charge in [-0.2, -0.15) is 0 Å². The van der Waals surface area contributed by atoms with Crippen molar-refractivity contribution < 1.29 is 4.79 Å². The molecule has 0 rings (SSSR count). The van der Waals surface area contributed by atoms with Crippen LogP contribution in [0.1, 0.15) is 47.5 Å². The van der Waals surface area contributed by atoms with Gasteiger partial charge in [0, 0.05) is 25.7 Å². The first-order valence-corrected chi connectivity index (χ1v) is 7.39. The van der Waals surface area contributed by atoms with E-state index >= 15 is 0 Å². The Balaban J connectivity index is 4.08. The Kier molecular flexibility index (Phi) is 8.26. The van der Waals surface area contributed by atoms with Crippen molar-refractivity contribution in [2.45, 2.75) is 53.5 Å². The predicted molar refractivity (Wildman–Crippen MR) is 82.0 cm³/mol. The summed E-state index contributed by atoms with van der Waals surface area (Å²) in [5.41, 5.74) is 5.84. The third-order valence-corrected chi connectivity index (χ3v) is 3.62. The van der Waals surface area contributed by atoms with E-state index in [-0.39, 0.29) is 17.2 Å². The van der Waals surface area contributed by atoms with Crippen LogP contribution < -0.4 is 11.1 Å². The Bertz CT molecular complexity index is 261. The van der Waals surface area contributed by atoms with Crippen molar-refractivity contribution in [3.05, 3.63) is 0 Å². The van der Waals surface area contributed by atoms with Gasteiger partial charge >= 0.3 is 0 Å². The fourth-order valence-electron chi connectivity index (χ4n) is 2.05. The molecule has 0 radical (unpaired) electrons. The maximum Gasteiger partial charge on any atom is 0.224 e. The second-order valence-corrected chi connectivity index (χ2v) is 6.73. The van der Waals surface area contributed by atoms with E-state index in [1.54, 1.807) is 0 Å². The van der Waals surface area contributed by atoms with Crippen LogP contribution in [0.25, 0.3) is 0 Å². The first-order chi connectivity index (χ1) is 8.71. The van der Waals surface area contributed by atoms with Crippen molar-refractivity contribution in [1.29, 1.82) is 0 Å². The zero-order chi connectivity index (χ0) is 15.1. The van der Waals surface area contributed by atoms with Gasteiger partial charge in [-0.1, -0.05) is 27.7 Å². The number of rotatable bonds is 8. The lowest BCUT2D eigenvalue weighted by atomic mass is 9.84. The monoisotopic (exact) mass is 271 g/mol. The fourth-order valence-corrected chi connectivity index (χ4v) is 2.05. The molecule has 114 valence electrons. The number of nitrogens with one attached hydrogen (secondary N) is 1. The van der Waals surface area contributed by atoms with E-state index in [0.29, 0.717) is 19.1 Å². The van der Waals surface area contributed by atoms with Gasteiger partial charge < -0.3 is 16.0 Å². The second-order valence-electron chi connectivity index (χ2n) is 6.73. The van der Waals surface area contributed by atoms with E-state index in [1.807, 2.05) is 0 Å². The standard InChI is InChI=1S/C15H33N3O/c1-7-12(2)18(6)9-8-17-14(19)13(11-16)10-15(3,4)5/h12-13H,7-11,16H2,1-6H3,(H,17,19). The van der Waals surface area contributed by atoms with Gasteiger partial charge in [-0.15, -0.1) is 0 Å². The minimum Gasteiger partial charge on any atom is -0.355 e. The first kappa shape index (κ1) is 18.4. The van der Waals surface area contributed by atoms with E-state index in [1.165, 1.54) is 0 Å². The number of amides is 1. The summed E-state index contributed by atoms with van der Waals surface area (Å²) in [6, 6.07) is 0.553. The molecular weight excluding hydrogens is 238 g/mol. The Labute approximate surface area is 119 Å². The summed E-state index contributed by atoms with van der Waals surface area (Å²) in [5, 5.41) is 3.01. The molecule has 0 fully saturated rings. The molecule has 2 atom stereocenters. The molecule has 4 heteroatoms. The van der Waals surface area contributed by atoms with Crippen LogP contribution in [0.3, 0.4) is 0 Å². The lowest BCUT2D eigenvalue weighted by molar-refractivity contribution is -0.125. The van der Waals surface area contributed by atoms with Crippen LogP contribution >= 0.6 is 0 Å². The van der Waals surface area contributed by atoms with Gasteiger partial charge in [0.15, 0.2) is 0 Å². The van der Waals surface area contributed by atoms with E-state index < -0.39 is 0 Å². The molecule has 0 aromatic carbocycles. The molecule has 0 heterocycles. The summed E-state index contributed by atoms with van der Waals surface area (Å²) in [7, 11) is 2.09. The Morgan fingerprint density at radius 1 is 1.37 bits per heavy atom. The maximum atomic E-state index is 12.1. The van der Waals surface area contributed by atoms with Crippen LogP contribution in [-0.2, 0) is 4.79 Å². The number of hydrogen-bond donors (Lipinski definition) is 2. The molecule has 0 saturated heterocycles. The van der Waals surface area contributed by atoms with Crippen molar-refractivity contribution in [3.63, 3.8) is 0 Å². The molecule has 0 aromatic rings. The Morgan fingerprint density at radius 3 is 2.37 bits per heavy atom. The lowest BCUT2D eigenvalue weighted by Crippen LogP contribution is -2.41. The highest BCUT2D eigenvalue weighted by Gasteiger charge is 2.23. The average Bonchev–Trinajstić information content (AvgIpc) is 2.33. The average molecular weight is 271 g/mol. The highest BCUT2D eigenvalue weighted by molar-refractivity contribution is 5.78. The molecule has 0 saturated carbocycles. The number of nitrogens with two attached hydrogens (primary N) is 1. The first-order valence-electron chi connectivity index (χ1n) is 7.39. The second kappa shape index (κ2) is 8.54. The molecule has 0 aliphatic carbocycles. The summed E-state index contributed by atoms with van der Waals surface area (Å²) in [4.78, 5) is 14.3. The highest BCUT2D eigenvalue weighted by Crippen LogP contribution is 2.23. The van der Waals surface area contributed by atoms with Crippen LogP contribution in [-0.4, -0.2) is 43.5 Å². The molecule has 0 spiro atoms. The van der Waals surface area contributed by atoms with Crippen molar-refractivity contribution >= 4 is 5.91 Å². The highest BCUT2D eigenvalue weighted by atomic mass is 16.1. The van der Waals surface area contributed by atoms with E-state index in [2.05, 4.69) is 51.9 Å². The predicted octanol–water partition coefficient (Wildman–Crippen LogP) is 1.84.